The molecule has 4 nitrogen and oxygen atoms in total. The molecule has 0 N–H and O–H groups in total. The van der Waals surface area contributed by atoms with Gasteiger partial charge >= 0.3 is 0 Å². The molecule has 2 aromatic heterocycles. The van der Waals surface area contributed by atoms with E-state index in [4.69, 9.17) is 5.26 Å². The molecule has 0 atom stereocenters. The third-order valence-electron chi connectivity index (χ3n) is 3.55. The van der Waals surface area contributed by atoms with Crippen LogP contribution in [0.2, 0.25) is 0 Å². The number of hydrogen-bond acceptors (Lipinski definition) is 4. The average Bonchev–Trinajstić information content (AvgIpc) is 3.31. The molecule has 0 aromatic carbocycles. The van der Waals surface area contributed by atoms with E-state index in [1.165, 1.54) is 18.4 Å². The summed E-state index contributed by atoms with van der Waals surface area (Å²) in [5, 5.41) is 9.13. The Hall–Kier alpha value is -2.41. The van der Waals surface area contributed by atoms with Crippen LogP contribution >= 0.6 is 0 Å². The summed E-state index contributed by atoms with van der Waals surface area (Å²) in [5.41, 5.74) is 2.60. The lowest BCUT2D eigenvalue weighted by Crippen LogP contribution is -2.26. The lowest BCUT2D eigenvalue weighted by molar-refractivity contribution is 0.774. The molecule has 0 radical (unpaired) electrons. The number of anilines is 1. The smallest absolute Gasteiger partial charge is 0.145 e. The van der Waals surface area contributed by atoms with Crippen LogP contribution in [0.3, 0.4) is 0 Å². The van der Waals surface area contributed by atoms with Gasteiger partial charge in [-0.25, -0.2) is 4.98 Å². The Kier molecular flexibility index (Phi) is 3.34. The number of aromatic nitrogens is 2. The van der Waals surface area contributed by atoms with Crippen LogP contribution in [0.1, 0.15) is 29.7 Å². The SMILES string of the molecule is Cc1ccc(N(Cc2cccnc2)C2CC2)nc1C#N. The number of nitriles is 1. The molecule has 20 heavy (non-hydrogen) atoms. The Balaban J connectivity index is 1.89. The topological polar surface area (TPSA) is 52.8 Å². The first-order valence-electron chi connectivity index (χ1n) is 6.81. The van der Waals surface area contributed by atoms with Gasteiger partial charge in [0.25, 0.3) is 0 Å². The van der Waals surface area contributed by atoms with Crippen molar-refractivity contribution < 1.29 is 0 Å². The van der Waals surface area contributed by atoms with Crippen molar-refractivity contribution >= 4 is 5.82 Å². The fourth-order valence-electron chi connectivity index (χ4n) is 2.26. The standard InChI is InChI=1S/C16H16N4/c1-12-4-7-16(19-15(12)9-17)20(14-5-6-14)11-13-3-2-8-18-10-13/h2-4,7-8,10,14H,5-6,11H2,1H3. The fourth-order valence-corrected chi connectivity index (χ4v) is 2.26. The third-order valence-corrected chi connectivity index (χ3v) is 3.55. The maximum atomic E-state index is 9.13. The Morgan fingerprint density at radius 2 is 2.20 bits per heavy atom. The largest absolute Gasteiger partial charge is 0.349 e. The van der Waals surface area contributed by atoms with E-state index < -0.39 is 0 Å². The summed E-state index contributed by atoms with van der Waals surface area (Å²) in [6, 6.07) is 10.7. The maximum Gasteiger partial charge on any atom is 0.145 e. The van der Waals surface area contributed by atoms with E-state index in [0.717, 1.165) is 17.9 Å². The van der Waals surface area contributed by atoms with E-state index >= 15 is 0 Å². The van der Waals surface area contributed by atoms with E-state index in [9.17, 15) is 0 Å². The van der Waals surface area contributed by atoms with Crippen molar-refractivity contribution in [2.45, 2.75) is 32.4 Å². The van der Waals surface area contributed by atoms with E-state index in [2.05, 4.69) is 27.0 Å². The quantitative estimate of drug-likeness (QED) is 0.852. The van der Waals surface area contributed by atoms with Gasteiger partial charge in [-0.1, -0.05) is 12.1 Å². The van der Waals surface area contributed by atoms with Gasteiger partial charge in [-0.15, -0.1) is 0 Å². The molecular weight excluding hydrogens is 248 g/mol. The molecule has 2 aromatic rings. The van der Waals surface area contributed by atoms with Crippen LogP contribution in [0, 0.1) is 18.3 Å². The van der Waals surface area contributed by atoms with E-state index in [0.29, 0.717) is 11.7 Å². The van der Waals surface area contributed by atoms with Crippen LogP contribution < -0.4 is 4.90 Å². The molecule has 0 unspecified atom stereocenters. The second-order valence-corrected chi connectivity index (χ2v) is 5.17. The van der Waals surface area contributed by atoms with E-state index in [-0.39, 0.29) is 0 Å². The summed E-state index contributed by atoms with van der Waals surface area (Å²) in [6.45, 7) is 2.71. The third kappa shape index (κ3) is 2.62. The fraction of sp³-hybridized carbons (Fsp3) is 0.312. The molecule has 2 heterocycles. The highest BCUT2D eigenvalue weighted by molar-refractivity contribution is 5.47. The highest BCUT2D eigenvalue weighted by Gasteiger charge is 2.30. The van der Waals surface area contributed by atoms with Crippen molar-refractivity contribution in [3.63, 3.8) is 0 Å². The van der Waals surface area contributed by atoms with E-state index in [1.807, 2.05) is 31.3 Å². The minimum atomic E-state index is 0.513. The van der Waals surface area contributed by atoms with Crippen LogP contribution in [0.15, 0.2) is 36.7 Å². The zero-order valence-corrected chi connectivity index (χ0v) is 11.5. The van der Waals surface area contributed by atoms with Crippen molar-refractivity contribution in [2.75, 3.05) is 4.90 Å². The number of pyridine rings is 2. The molecule has 0 amide bonds. The molecule has 3 rings (SSSR count). The number of aryl methyl sites for hydroxylation is 1. The number of hydrogen-bond donors (Lipinski definition) is 0. The summed E-state index contributed by atoms with van der Waals surface area (Å²) in [6.07, 6.45) is 6.05. The summed E-state index contributed by atoms with van der Waals surface area (Å²) < 4.78 is 0. The Bertz CT molecular complexity index is 641. The summed E-state index contributed by atoms with van der Waals surface area (Å²) in [5.74, 6) is 0.888. The van der Waals surface area contributed by atoms with Crippen LogP contribution in [0.4, 0.5) is 5.82 Å². The van der Waals surface area contributed by atoms with Gasteiger partial charge in [0, 0.05) is 25.0 Å². The molecule has 0 saturated heterocycles. The van der Waals surface area contributed by atoms with Crippen molar-refractivity contribution in [1.82, 2.24) is 9.97 Å². The predicted octanol–water partition coefficient (Wildman–Crippen LogP) is 2.83. The summed E-state index contributed by atoms with van der Waals surface area (Å²) in [7, 11) is 0. The van der Waals surface area contributed by atoms with Crippen molar-refractivity contribution in [3.8, 4) is 6.07 Å². The summed E-state index contributed by atoms with van der Waals surface area (Å²) >= 11 is 0. The first-order valence-corrected chi connectivity index (χ1v) is 6.81. The van der Waals surface area contributed by atoms with Gasteiger partial charge in [-0.3, -0.25) is 4.98 Å². The van der Waals surface area contributed by atoms with Gasteiger partial charge in [0.2, 0.25) is 0 Å². The molecule has 4 heteroatoms. The highest BCUT2D eigenvalue weighted by Crippen LogP contribution is 2.32. The summed E-state index contributed by atoms with van der Waals surface area (Å²) in [4.78, 5) is 10.9. The van der Waals surface area contributed by atoms with E-state index in [1.54, 1.807) is 6.20 Å². The lowest BCUT2D eigenvalue weighted by Gasteiger charge is -2.23. The Morgan fingerprint density at radius 1 is 1.35 bits per heavy atom. The first kappa shape index (κ1) is 12.6. The number of nitrogens with zero attached hydrogens (tertiary/aromatic N) is 4. The molecule has 0 aliphatic heterocycles. The lowest BCUT2D eigenvalue weighted by atomic mass is 10.2. The molecule has 1 saturated carbocycles. The normalized spacial score (nSPS) is 13.8. The molecular formula is C16H16N4. The Labute approximate surface area is 118 Å². The molecule has 1 fully saturated rings. The predicted molar refractivity (Wildman–Crippen MR) is 77.1 cm³/mol. The van der Waals surface area contributed by atoms with Crippen molar-refractivity contribution in [2.24, 2.45) is 0 Å². The van der Waals surface area contributed by atoms with Crippen molar-refractivity contribution in [3.05, 3.63) is 53.5 Å². The van der Waals surface area contributed by atoms with Gasteiger partial charge in [0.05, 0.1) is 0 Å². The molecule has 0 spiro atoms. The first-order chi connectivity index (χ1) is 9.78. The van der Waals surface area contributed by atoms with Crippen molar-refractivity contribution in [1.29, 1.82) is 5.26 Å². The molecule has 1 aliphatic rings. The second-order valence-electron chi connectivity index (χ2n) is 5.17. The van der Waals surface area contributed by atoms with Crippen LogP contribution in [0.5, 0.6) is 0 Å². The zero-order valence-electron chi connectivity index (χ0n) is 11.5. The minimum Gasteiger partial charge on any atom is -0.349 e. The minimum absolute atomic E-state index is 0.513. The molecule has 1 aliphatic carbocycles. The van der Waals surface area contributed by atoms with Crippen LogP contribution in [-0.2, 0) is 6.54 Å². The highest BCUT2D eigenvalue weighted by atomic mass is 15.2. The van der Waals surface area contributed by atoms with Crippen LogP contribution in [0.25, 0.3) is 0 Å². The van der Waals surface area contributed by atoms with Gasteiger partial charge in [-0.2, -0.15) is 5.26 Å². The average molecular weight is 264 g/mol. The Morgan fingerprint density at radius 3 is 2.85 bits per heavy atom. The van der Waals surface area contributed by atoms with Gasteiger partial charge in [-0.05, 0) is 43.0 Å². The van der Waals surface area contributed by atoms with Gasteiger partial charge in [0.1, 0.15) is 17.6 Å². The van der Waals surface area contributed by atoms with Gasteiger partial charge in [0.15, 0.2) is 0 Å². The number of rotatable bonds is 4. The molecule has 0 bridgehead atoms. The maximum absolute atomic E-state index is 9.13. The van der Waals surface area contributed by atoms with Gasteiger partial charge < -0.3 is 4.90 Å². The second kappa shape index (κ2) is 5.30. The monoisotopic (exact) mass is 264 g/mol. The molecule has 100 valence electrons. The zero-order chi connectivity index (χ0) is 13.9. The van der Waals surface area contributed by atoms with Crippen LogP contribution in [-0.4, -0.2) is 16.0 Å².